The van der Waals surface area contributed by atoms with Gasteiger partial charge >= 0.3 is 0 Å². The predicted octanol–water partition coefficient (Wildman–Crippen LogP) is 0.326. The summed E-state index contributed by atoms with van der Waals surface area (Å²) < 4.78 is 0. The third-order valence-electron chi connectivity index (χ3n) is 2.47. The lowest BCUT2D eigenvalue weighted by molar-refractivity contribution is -0.120. The normalized spacial score (nSPS) is 14.1. The van der Waals surface area contributed by atoms with Crippen molar-refractivity contribution in [3.63, 3.8) is 0 Å². The summed E-state index contributed by atoms with van der Waals surface area (Å²) in [4.78, 5) is 26.9. The van der Waals surface area contributed by atoms with Gasteiger partial charge < -0.3 is 16.4 Å². The molecule has 18 heavy (non-hydrogen) atoms. The van der Waals surface area contributed by atoms with Crippen molar-refractivity contribution < 1.29 is 9.59 Å². The Hall–Kier alpha value is -1.82. The van der Waals surface area contributed by atoms with Crippen molar-refractivity contribution >= 4 is 29.2 Å². The molecule has 2 rings (SSSR count). The van der Waals surface area contributed by atoms with Crippen LogP contribution in [0.4, 0.5) is 5.82 Å². The zero-order valence-corrected chi connectivity index (χ0v) is 10.3. The highest BCUT2D eigenvalue weighted by Crippen LogP contribution is 2.18. The summed E-state index contributed by atoms with van der Waals surface area (Å²) in [6, 6.07) is 1.64. The molecular formula is C11H13ClN4O2. The van der Waals surface area contributed by atoms with E-state index in [9.17, 15) is 9.59 Å². The first-order valence-electron chi connectivity index (χ1n) is 5.55. The molecule has 0 radical (unpaired) electrons. The van der Waals surface area contributed by atoms with Crippen molar-refractivity contribution in [1.29, 1.82) is 0 Å². The summed E-state index contributed by atoms with van der Waals surface area (Å²) in [7, 11) is 0. The maximum Gasteiger partial charge on any atom is 0.253 e. The molecule has 96 valence electrons. The predicted molar refractivity (Wildman–Crippen MR) is 67.2 cm³/mol. The van der Waals surface area contributed by atoms with Gasteiger partial charge in [0.05, 0.1) is 17.1 Å². The number of hydrogen-bond donors (Lipinski definition) is 3. The summed E-state index contributed by atoms with van der Waals surface area (Å²) >= 11 is 5.82. The molecule has 1 aromatic heterocycles. The van der Waals surface area contributed by atoms with Crippen LogP contribution in [0.1, 0.15) is 23.2 Å². The molecule has 0 aliphatic heterocycles. The van der Waals surface area contributed by atoms with E-state index in [4.69, 9.17) is 17.3 Å². The van der Waals surface area contributed by atoms with Crippen molar-refractivity contribution in [2.45, 2.75) is 18.9 Å². The first-order valence-corrected chi connectivity index (χ1v) is 5.92. The third-order valence-corrected chi connectivity index (χ3v) is 2.77. The van der Waals surface area contributed by atoms with Crippen molar-refractivity contribution in [2.24, 2.45) is 0 Å². The van der Waals surface area contributed by atoms with Crippen molar-refractivity contribution in [3.05, 3.63) is 22.8 Å². The van der Waals surface area contributed by atoms with Gasteiger partial charge in [-0.1, -0.05) is 11.6 Å². The molecule has 6 nitrogen and oxygen atoms in total. The topological polar surface area (TPSA) is 97.1 Å². The van der Waals surface area contributed by atoms with Crippen LogP contribution in [0.15, 0.2) is 12.3 Å². The number of carbonyl (C=O) groups is 2. The smallest absolute Gasteiger partial charge is 0.253 e. The van der Waals surface area contributed by atoms with Gasteiger partial charge in [-0.15, -0.1) is 0 Å². The van der Waals surface area contributed by atoms with E-state index in [0.29, 0.717) is 0 Å². The zero-order valence-electron chi connectivity index (χ0n) is 9.57. The number of rotatable bonds is 4. The molecular weight excluding hydrogens is 256 g/mol. The maximum absolute atomic E-state index is 11.8. The van der Waals surface area contributed by atoms with Gasteiger partial charge in [0, 0.05) is 12.2 Å². The second-order valence-corrected chi connectivity index (χ2v) is 4.52. The van der Waals surface area contributed by atoms with E-state index < -0.39 is 5.91 Å². The molecule has 1 aliphatic carbocycles. The summed E-state index contributed by atoms with van der Waals surface area (Å²) in [5, 5.41) is 5.44. The number of carbonyl (C=O) groups excluding carboxylic acids is 2. The molecule has 1 aliphatic rings. The van der Waals surface area contributed by atoms with Gasteiger partial charge in [0.2, 0.25) is 5.91 Å². The van der Waals surface area contributed by atoms with Gasteiger partial charge in [0.25, 0.3) is 5.91 Å². The van der Waals surface area contributed by atoms with E-state index in [-0.39, 0.29) is 34.9 Å². The van der Waals surface area contributed by atoms with Gasteiger partial charge in [0.1, 0.15) is 5.82 Å². The van der Waals surface area contributed by atoms with Crippen LogP contribution in [0.2, 0.25) is 5.02 Å². The molecule has 1 aromatic rings. The van der Waals surface area contributed by atoms with E-state index in [1.165, 1.54) is 12.3 Å². The highest BCUT2D eigenvalue weighted by molar-refractivity contribution is 6.33. The van der Waals surface area contributed by atoms with Gasteiger partial charge in [-0.05, 0) is 18.9 Å². The molecule has 1 fully saturated rings. The largest absolute Gasteiger partial charge is 0.384 e. The molecule has 4 N–H and O–H groups in total. The van der Waals surface area contributed by atoms with Crippen LogP contribution in [-0.2, 0) is 4.79 Å². The lowest BCUT2D eigenvalue weighted by Crippen LogP contribution is -2.37. The first-order chi connectivity index (χ1) is 8.56. The van der Waals surface area contributed by atoms with E-state index in [0.717, 1.165) is 12.8 Å². The fraction of sp³-hybridized carbons (Fsp3) is 0.364. The highest BCUT2D eigenvalue weighted by atomic mass is 35.5. The fourth-order valence-corrected chi connectivity index (χ4v) is 1.58. The Kier molecular flexibility index (Phi) is 3.66. The molecule has 0 spiro atoms. The molecule has 0 unspecified atom stereocenters. The Morgan fingerprint density at radius 2 is 2.22 bits per heavy atom. The molecule has 2 amide bonds. The second kappa shape index (κ2) is 5.22. The van der Waals surface area contributed by atoms with Crippen LogP contribution in [0.3, 0.4) is 0 Å². The van der Waals surface area contributed by atoms with Crippen LogP contribution in [0.25, 0.3) is 0 Å². The lowest BCUT2D eigenvalue weighted by Gasteiger charge is -2.07. The van der Waals surface area contributed by atoms with Crippen LogP contribution >= 0.6 is 11.6 Å². The first kappa shape index (κ1) is 12.6. The third kappa shape index (κ3) is 3.33. The number of nitrogens with zero attached hydrogens (tertiary/aromatic N) is 1. The molecule has 7 heteroatoms. The molecule has 0 atom stereocenters. The van der Waals surface area contributed by atoms with Crippen LogP contribution in [-0.4, -0.2) is 29.4 Å². The average Bonchev–Trinajstić information content (AvgIpc) is 3.13. The minimum Gasteiger partial charge on any atom is -0.384 e. The number of anilines is 1. The minimum absolute atomic E-state index is 0.0755. The van der Waals surface area contributed by atoms with E-state index in [1.54, 1.807) is 0 Å². The van der Waals surface area contributed by atoms with E-state index in [2.05, 4.69) is 15.6 Å². The number of nitrogen functional groups attached to an aromatic ring is 1. The Morgan fingerprint density at radius 3 is 2.89 bits per heavy atom. The number of amides is 2. The number of pyridine rings is 1. The van der Waals surface area contributed by atoms with Gasteiger partial charge in [-0.3, -0.25) is 9.59 Å². The number of nitrogens with one attached hydrogen (secondary N) is 2. The van der Waals surface area contributed by atoms with Crippen LogP contribution in [0.5, 0.6) is 0 Å². The minimum atomic E-state index is -0.444. The Labute approximate surface area is 109 Å². The van der Waals surface area contributed by atoms with Crippen LogP contribution < -0.4 is 16.4 Å². The van der Waals surface area contributed by atoms with Crippen molar-refractivity contribution in [2.75, 3.05) is 12.3 Å². The number of nitrogens with two attached hydrogens (primary N) is 1. The summed E-state index contributed by atoms with van der Waals surface area (Å²) in [5.74, 6) is -0.448. The number of hydrogen-bond acceptors (Lipinski definition) is 4. The Bertz CT molecular complexity index is 488. The zero-order chi connectivity index (χ0) is 13.1. The fourth-order valence-electron chi connectivity index (χ4n) is 1.39. The maximum atomic E-state index is 11.8. The quantitative estimate of drug-likeness (QED) is 0.733. The SMILES string of the molecule is Nc1cc(C(=O)NCC(=O)NC2CC2)c(Cl)cn1. The number of aromatic nitrogens is 1. The monoisotopic (exact) mass is 268 g/mol. The lowest BCUT2D eigenvalue weighted by atomic mass is 10.2. The Balaban J connectivity index is 1.90. The Morgan fingerprint density at radius 1 is 1.50 bits per heavy atom. The van der Waals surface area contributed by atoms with Crippen molar-refractivity contribution in [3.8, 4) is 0 Å². The summed E-state index contributed by atoms with van der Waals surface area (Å²) in [6.45, 7) is -0.0755. The average molecular weight is 269 g/mol. The molecule has 0 aromatic carbocycles. The van der Waals surface area contributed by atoms with Gasteiger partial charge in [-0.25, -0.2) is 4.98 Å². The van der Waals surface area contributed by atoms with Crippen LogP contribution in [0, 0.1) is 0 Å². The highest BCUT2D eigenvalue weighted by Gasteiger charge is 2.23. The van der Waals surface area contributed by atoms with E-state index in [1.807, 2.05) is 0 Å². The molecule has 0 saturated heterocycles. The van der Waals surface area contributed by atoms with Crippen molar-refractivity contribution in [1.82, 2.24) is 15.6 Å². The van der Waals surface area contributed by atoms with Gasteiger partial charge in [0.15, 0.2) is 0 Å². The second-order valence-electron chi connectivity index (χ2n) is 4.11. The molecule has 0 bridgehead atoms. The summed E-state index contributed by atoms with van der Waals surface area (Å²) in [5.41, 5.74) is 5.68. The van der Waals surface area contributed by atoms with E-state index >= 15 is 0 Å². The van der Waals surface area contributed by atoms with Gasteiger partial charge in [-0.2, -0.15) is 0 Å². The molecule has 1 saturated carbocycles. The molecule has 1 heterocycles. The summed E-state index contributed by atoms with van der Waals surface area (Å²) in [6.07, 6.45) is 3.31. The standard InChI is InChI=1S/C11H13ClN4O2/c12-8-4-14-9(13)3-7(8)11(18)15-5-10(17)16-6-1-2-6/h3-4,6H,1-2,5H2,(H2,13,14)(H,15,18)(H,16,17). The number of halogens is 1.